The Morgan fingerprint density at radius 2 is 1.67 bits per heavy atom. The molecule has 1 heterocycles. The summed E-state index contributed by atoms with van der Waals surface area (Å²) in [6.07, 6.45) is 14.9. The first-order valence-electron chi connectivity index (χ1n) is 17.5. The van der Waals surface area contributed by atoms with E-state index in [1.54, 1.807) is 4.90 Å². The highest BCUT2D eigenvalue weighted by Crippen LogP contribution is 2.67. The highest BCUT2D eigenvalue weighted by Gasteiger charge is 2.59. The number of esters is 1. The van der Waals surface area contributed by atoms with Gasteiger partial charge in [0, 0.05) is 31.6 Å². The molecule has 0 aromatic heterocycles. The van der Waals surface area contributed by atoms with Crippen LogP contribution in [0.25, 0.3) is 0 Å². The molecule has 0 N–H and O–H groups in total. The first kappa shape index (κ1) is 32.0. The van der Waals surface area contributed by atoms with Crippen molar-refractivity contribution in [2.45, 2.75) is 111 Å². The summed E-state index contributed by atoms with van der Waals surface area (Å²) in [5.74, 6) is 3.81. The van der Waals surface area contributed by atoms with Crippen molar-refractivity contribution in [2.24, 2.45) is 46.3 Å². The Labute approximate surface area is 267 Å². The molecular weight excluding hydrogens is 570 g/mol. The monoisotopic (exact) mass is 621 g/mol. The maximum Gasteiger partial charge on any atom is 0.338 e. The van der Waals surface area contributed by atoms with Crippen LogP contribution in [0.5, 0.6) is 0 Å². The molecule has 246 valence electrons. The lowest BCUT2D eigenvalue weighted by molar-refractivity contribution is -0.392. The first-order chi connectivity index (χ1) is 21.3. The number of nitro groups is 2. The van der Waals surface area contributed by atoms with Crippen LogP contribution >= 0.6 is 0 Å². The molecule has 3 saturated carbocycles. The minimum absolute atomic E-state index is 0.0327. The van der Waals surface area contributed by atoms with E-state index in [-0.39, 0.29) is 22.8 Å². The first-order valence-corrected chi connectivity index (χ1v) is 17.5. The molecule has 45 heavy (non-hydrogen) atoms. The van der Waals surface area contributed by atoms with Crippen molar-refractivity contribution in [2.75, 3.05) is 18.0 Å². The van der Waals surface area contributed by atoms with Gasteiger partial charge in [0.1, 0.15) is 6.10 Å². The van der Waals surface area contributed by atoms with E-state index in [9.17, 15) is 25.0 Å². The number of hydrogen-bond donors (Lipinski definition) is 0. The van der Waals surface area contributed by atoms with Crippen molar-refractivity contribution in [3.8, 4) is 0 Å². The summed E-state index contributed by atoms with van der Waals surface area (Å²) in [6, 6.07) is 2.28. The SMILES string of the molecule is CC(C)CCCC(C)C1CCC2C3CC=C4CC(OC(=O)c5cc([N+](=O)[O-])c(N6CC6)c([N+](=O)[O-])c5)CCC4(C)C3CCC12C. The van der Waals surface area contributed by atoms with Crippen molar-refractivity contribution in [1.82, 2.24) is 0 Å². The molecule has 1 aromatic carbocycles. The maximum absolute atomic E-state index is 13.3. The fraction of sp³-hybridized carbons (Fsp3) is 0.750. The van der Waals surface area contributed by atoms with Gasteiger partial charge in [-0.25, -0.2) is 4.79 Å². The van der Waals surface area contributed by atoms with Gasteiger partial charge in [-0.1, -0.05) is 65.5 Å². The van der Waals surface area contributed by atoms with E-state index >= 15 is 0 Å². The number of rotatable bonds is 10. The van der Waals surface area contributed by atoms with Gasteiger partial charge >= 0.3 is 17.3 Å². The molecule has 8 unspecified atom stereocenters. The van der Waals surface area contributed by atoms with Gasteiger partial charge in [-0.3, -0.25) is 20.2 Å². The van der Waals surface area contributed by atoms with Crippen LogP contribution in [0.3, 0.4) is 0 Å². The van der Waals surface area contributed by atoms with Gasteiger partial charge in [0.25, 0.3) is 0 Å². The Morgan fingerprint density at radius 3 is 2.29 bits per heavy atom. The second kappa shape index (κ2) is 12.0. The van der Waals surface area contributed by atoms with Crippen LogP contribution in [0.1, 0.15) is 116 Å². The summed E-state index contributed by atoms with van der Waals surface area (Å²) in [6.45, 7) is 13.3. The zero-order chi connectivity index (χ0) is 32.3. The lowest BCUT2D eigenvalue weighted by atomic mass is 9.47. The van der Waals surface area contributed by atoms with Crippen LogP contribution in [-0.2, 0) is 4.74 Å². The third-order valence-electron chi connectivity index (χ3n) is 13.0. The van der Waals surface area contributed by atoms with Crippen LogP contribution < -0.4 is 4.90 Å². The molecule has 1 aliphatic heterocycles. The normalized spacial score (nSPS) is 34.3. The van der Waals surface area contributed by atoms with Crippen molar-refractivity contribution >= 4 is 23.0 Å². The zero-order valence-electron chi connectivity index (χ0n) is 27.8. The van der Waals surface area contributed by atoms with Gasteiger partial charge in [0.2, 0.25) is 0 Å². The van der Waals surface area contributed by atoms with Crippen molar-refractivity contribution in [1.29, 1.82) is 0 Å². The fourth-order valence-electron chi connectivity index (χ4n) is 10.6. The summed E-state index contributed by atoms with van der Waals surface area (Å²) in [5.41, 5.74) is 0.918. The molecular formula is C36H51N3O6. The van der Waals surface area contributed by atoms with Crippen LogP contribution in [0.2, 0.25) is 0 Å². The summed E-state index contributed by atoms with van der Waals surface area (Å²) in [4.78, 5) is 37.1. The molecule has 0 spiro atoms. The van der Waals surface area contributed by atoms with E-state index in [1.807, 2.05) is 0 Å². The minimum atomic E-state index is -0.727. The quantitative estimate of drug-likeness (QED) is 0.0842. The van der Waals surface area contributed by atoms with E-state index in [0.29, 0.717) is 36.8 Å². The molecule has 5 aliphatic rings. The lowest BCUT2D eigenvalue weighted by Gasteiger charge is -2.58. The van der Waals surface area contributed by atoms with Gasteiger partial charge in [0.05, 0.1) is 15.4 Å². The Bertz CT molecular complexity index is 1350. The van der Waals surface area contributed by atoms with Gasteiger partial charge < -0.3 is 9.64 Å². The molecule has 9 nitrogen and oxygen atoms in total. The number of benzene rings is 1. The van der Waals surface area contributed by atoms with Crippen molar-refractivity contribution in [3.63, 3.8) is 0 Å². The van der Waals surface area contributed by atoms with E-state index in [4.69, 9.17) is 4.74 Å². The van der Waals surface area contributed by atoms with E-state index < -0.39 is 27.2 Å². The van der Waals surface area contributed by atoms with Crippen LogP contribution in [0.15, 0.2) is 23.8 Å². The summed E-state index contributed by atoms with van der Waals surface area (Å²) >= 11 is 0. The maximum atomic E-state index is 13.3. The number of ether oxygens (including phenoxy) is 1. The standard InChI is InChI=1S/C36H51N3O6/c1-22(2)7-6-8-23(3)28-11-12-29-27-10-9-25-21-26(13-15-35(25,4)30(27)14-16-36(28,29)5)45-34(40)24-19-31(38(41)42)33(37-17-18-37)32(20-24)39(43)44/h9,19-20,22-23,26-30H,6-8,10-18,21H2,1-5H3. The topological polar surface area (TPSA) is 116 Å². The number of allylic oxidation sites excluding steroid dienone is 1. The van der Waals surface area contributed by atoms with E-state index in [2.05, 4.69) is 40.7 Å². The summed E-state index contributed by atoms with van der Waals surface area (Å²) in [5, 5.41) is 23.6. The second-order valence-corrected chi connectivity index (χ2v) is 15.9. The van der Waals surface area contributed by atoms with Gasteiger partial charge in [-0.2, -0.15) is 0 Å². The molecule has 4 fully saturated rings. The smallest absolute Gasteiger partial charge is 0.338 e. The predicted molar refractivity (Wildman–Crippen MR) is 174 cm³/mol. The zero-order valence-corrected chi connectivity index (χ0v) is 27.8. The third kappa shape index (κ3) is 5.78. The average molecular weight is 622 g/mol. The van der Waals surface area contributed by atoms with Crippen molar-refractivity contribution < 1.29 is 19.4 Å². The molecule has 0 bridgehead atoms. The molecule has 6 rings (SSSR count). The number of hydrogen-bond acceptors (Lipinski definition) is 7. The van der Waals surface area contributed by atoms with Gasteiger partial charge in [-0.05, 0) is 91.3 Å². The van der Waals surface area contributed by atoms with Crippen LogP contribution in [-0.4, -0.2) is 35.0 Å². The highest BCUT2D eigenvalue weighted by molar-refractivity contribution is 5.94. The summed E-state index contributed by atoms with van der Waals surface area (Å²) < 4.78 is 5.93. The number of carbonyl (C=O) groups is 1. The van der Waals surface area contributed by atoms with Gasteiger partial charge in [0.15, 0.2) is 5.69 Å². The van der Waals surface area contributed by atoms with Crippen molar-refractivity contribution in [3.05, 3.63) is 49.6 Å². The lowest BCUT2D eigenvalue weighted by Crippen LogP contribution is -2.51. The molecule has 1 saturated heterocycles. The Balaban J connectivity index is 1.14. The average Bonchev–Trinajstić information content (AvgIpc) is 3.76. The Hall–Kier alpha value is -2.97. The fourth-order valence-corrected chi connectivity index (χ4v) is 10.6. The molecule has 0 amide bonds. The number of carbonyl (C=O) groups excluding carboxylic acids is 1. The molecule has 9 heteroatoms. The molecule has 1 aromatic rings. The summed E-state index contributed by atoms with van der Waals surface area (Å²) in [7, 11) is 0. The number of nitrogens with zero attached hydrogens (tertiary/aromatic N) is 3. The predicted octanol–water partition coefficient (Wildman–Crippen LogP) is 8.89. The Kier molecular flexibility index (Phi) is 8.53. The van der Waals surface area contributed by atoms with Crippen LogP contribution in [0, 0.1) is 66.6 Å². The molecule has 8 atom stereocenters. The van der Waals surface area contributed by atoms with E-state index in [0.717, 1.165) is 55.1 Å². The Morgan fingerprint density at radius 1 is 0.978 bits per heavy atom. The molecule has 4 aliphatic carbocycles. The third-order valence-corrected chi connectivity index (χ3v) is 13.0. The molecule has 0 radical (unpaired) electrons. The van der Waals surface area contributed by atoms with Crippen LogP contribution in [0.4, 0.5) is 17.1 Å². The number of fused-ring (bicyclic) bond motifs is 5. The number of anilines is 1. The minimum Gasteiger partial charge on any atom is -0.458 e. The largest absolute Gasteiger partial charge is 0.458 e. The van der Waals surface area contributed by atoms with E-state index in [1.165, 1.54) is 50.5 Å². The number of nitro benzene ring substituents is 2. The highest BCUT2D eigenvalue weighted by atomic mass is 16.6. The van der Waals surface area contributed by atoms with Gasteiger partial charge in [-0.15, -0.1) is 0 Å². The second-order valence-electron chi connectivity index (χ2n) is 15.9.